The zero-order chi connectivity index (χ0) is 24.2. The summed E-state index contributed by atoms with van der Waals surface area (Å²) in [6, 6.07) is 18.9. The number of amides is 3. The highest BCUT2D eigenvalue weighted by Crippen LogP contribution is 2.29. The molecule has 3 N–H and O–H groups in total. The molecule has 0 radical (unpaired) electrons. The molecule has 0 saturated carbocycles. The summed E-state index contributed by atoms with van der Waals surface area (Å²) in [5.41, 5.74) is 6.54. The molecule has 1 aromatic heterocycles. The van der Waals surface area contributed by atoms with Crippen molar-refractivity contribution < 1.29 is 9.59 Å². The number of nitrogens with one attached hydrogen (secondary N) is 3. The molecule has 0 bridgehead atoms. The van der Waals surface area contributed by atoms with E-state index < -0.39 is 11.9 Å². The first kappa shape index (κ1) is 23.7. The minimum Gasteiger partial charge on any atom is -0.337 e. The molecule has 4 rings (SSSR count). The molecule has 172 valence electrons. The van der Waals surface area contributed by atoms with Gasteiger partial charge in [0.15, 0.2) is 0 Å². The molecule has 3 amide bonds. The fraction of sp³-hybridized carbons (Fsp3) is 0.0833. The first-order valence-corrected chi connectivity index (χ1v) is 11.9. The van der Waals surface area contributed by atoms with E-state index in [1.807, 2.05) is 36.4 Å². The molecule has 3 aromatic carbocycles. The molecule has 0 aliphatic rings. The van der Waals surface area contributed by atoms with Crippen molar-refractivity contribution in [2.24, 2.45) is 0 Å². The van der Waals surface area contributed by atoms with E-state index in [1.165, 1.54) is 4.57 Å². The third-order valence-corrected chi connectivity index (χ3v) is 6.00. The van der Waals surface area contributed by atoms with Gasteiger partial charge in [-0.25, -0.2) is 15.2 Å². The topological polar surface area (TPSA) is 105 Å². The third kappa shape index (κ3) is 4.87. The highest BCUT2D eigenvalue weighted by atomic mass is 79.9. The summed E-state index contributed by atoms with van der Waals surface area (Å²) >= 11 is 6.95. The first-order valence-electron chi connectivity index (χ1n) is 10.3. The molecular weight excluding hydrogens is 566 g/mol. The van der Waals surface area contributed by atoms with Crippen LogP contribution in [-0.2, 0) is 0 Å². The maximum atomic E-state index is 13.6. The Balaban J connectivity index is 1.79. The number of carbonyl (C=O) groups is 2. The summed E-state index contributed by atoms with van der Waals surface area (Å²) in [6.07, 6.45) is 0. The Kier molecular flexibility index (Phi) is 7.09. The van der Waals surface area contributed by atoms with Gasteiger partial charge in [0.25, 0.3) is 11.5 Å². The van der Waals surface area contributed by atoms with Crippen LogP contribution in [0.1, 0.15) is 17.3 Å². The van der Waals surface area contributed by atoms with Crippen molar-refractivity contribution >= 4 is 54.7 Å². The average molecular weight is 585 g/mol. The number of nitrogens with zero attached hydrogens (tertiary/aromatic N) is 2. The van der Waals surface area contributed by atoms with Crippen LogP contribution in [0.2, 0.25) is 0 Å². The smallest absolute Gasteiger partial charge is 0.333 e. The number of hydrogen-bond acceptors (Lipinski definition) is 4. The van der Waals surface area contributed by atoms with Crippen molar-refractivity contribution in [3.05, 3.63) is 91.6 Å². The second kappa shape index (κ2) is 10.2. The maximum absolute atomic E-state index is 13.6. The van der Waals surface area contributed by atoms with E-state index in [0.717, 1.165) is 10.0 Å². The van der Waals surface area contributed by atoms with E-state index in [9.17, 15) is 14.4 Å². The van der Waals surface area contributed by atoms with Crippen LogP contribution in [0.4, 0.5) is 4.79 Å². The van der Waals surface area contributed by atoms with Gasteiger partial charge in [0, 0.05) is 26.6 Å². The Morgan fingerprint density at radius 1 is 0.971 bits per heavy atom. The van der Waals surface area contributed by atoms with Crippen molar-refractivity contribution in [2.75, 3.05) is 6.54 Å². The Morgan fingerprint density at radius 3 is 2.35 bits per heavy atom. The molecule has 1 heterocycles. The molecular formula is C24H19Br2N5O3. The Hall–Kier alpha value is -3.50. The van der Waals surface area contributed by atoms with Crippen LogP contribution >= 0.6 is 31.9 Å². The zero-order valence-electron chi connectivity index (χ0n) is 17.9. The van der Waals surface area contributed by atoms with E-state index in [2.05, 4.69) is 48.0 Å². The van der Waals surface area contributed by atoms with Crippen LogP contribution in [0.5, 0.6) is 0 Å². The first-order chi connectivity index (χ1) is 16.4. The number of benzene rings is 3. The van der Waals surface area contributed by atoms with Crippen LogP contribution in [0.25, 0.3) is 28.0 Å². The van der Waals surface area contributed by atoms with Crippen molar-refractivity contribution in [2.45, 2.75) is 6.92 Å². The fourth-order valence-electron chi connectivity index (χ4n) is 3.39. The van der Waals surface area contributed by atoms with Gasteiger partial charge in [0.1, 0.15) is 5.82 Å². The monoisotopic (exact) mass is 583 g/mol. The summed E-state index contributed by atoms with van der Waals surface area (Å²) < 4.78 is 2.96. The van der Waals surface area contributed by atoms with Gasteiger partial charge in [-0.05, 0) is 59.3 Å². The number of urea groups is 1. The highest BCUT2D eigenvalue weighted by Gasteiger charge is 2.17. The SMILES string of the molecule is CCNC(=O)NNC(=O)c1ccc(-n2c(-c3ccccc3)nc3c(Br)cc(Br)cc3c2=O)cc1. The predicted octanol–water partition coefficient (Wildman–Crippen LogP) is 4.54. The molecule has 34 heavy (non-hydrogen) atoms. The van der Waals surface area contributed by atoms with Crippen molar-refractivity contribution in [3.63, 3.8) is 0 Å². The molecule has 0 unspecified atom stereocenters. The Morgan fingerprint density at radius 2 is 1.68 bits per heavy atom. The van der Waals surface area contributed by atoms with E-state index in [0.29, 0.717) is 39.0 Å². The summed E-state index contributed by atoms with van der Waals surface area (Å²) in [4.78, 5) is 42.3. The fourth-order valence-corrected chi connectivity index (χ4v) is 4.70. The van der Waals surface area contributed by atoms with E-state index >= 15 is 0 Å². The molecule has 4 aromatic rings. The van der Waals surface area contributed by atoms with Gasteiger partial charge < -0.3 is 5.32 Å². The molecule has 0 spiro atoms. The second-order valence-corrected chi connectivity index (χ2v) is 8.98. The largest absolute Gasteiger partial charge is 0.337 e. The van der Waals surface area contributed by atoms with Gasteiger partial charge >= 0.3 is 6.03 Å². The number of hydrogen-bond donors (Lipinski definition) is 3. The second-order valence-electron chi connectivity index (χ2n) is 7.21. The molecule has 0 aliphatic carbocycles. The van der Waals surface area contributed by atoms with Gasteiger partial charge in [-0.3, -0.25) is 19.6 Å². The summed E-state index contributed by atoms with van der Waals surface area (Å²) in [6.45, 7) is 2.20. The van der Waals surface area contributed by atoms with E-state index in [4.69, 9.17) is 4.98 Å². The maximum Gasteiger partial charge on any atom is 0.333 e. The summed E-state index contributed by atoms with van der Waals surface area (Å²) in [5.74, 6) is -0.0193. The van der Waals surface area contributed by atoms with Crippen molar-refractivity contribution in [1.29, 1.82) is 0 Å². The lowest BCUT2D eigenvalue weighted by atomic mass is 10.1. The summed E-state index contributed by atoms with van der Waals surface area (Å²) in [5, 5.41) is 2.96. The van der Waals surface area contributed by atoms with Crippen LogP contribution < -0.4 is 21.7 Å². The number of hydrazine groups is 1. The lowest BCUT2D eigenvalue weighted by molar-refractivity contribution is 0.0936. The van der Waals surface area contributed by atoms with Crippen LogP contribution in [0.15, 0.2) is 80.5 Å². The standard InChI is InChI=1S/C24H19Br2N5O3/c1-2-27-24(34)30-29-22(32)15-8-10-17(11-9-15)31-21(14-6-4-3-5-7-14)28-20-18(23(31)33)12-16(25)13-19(20)26/h3-13H,2H2,1H3,(H,29,32)(H2,27,30,34). The Bertz CT molecular complexity index is 1440. The number of carbonyl (C=O) groups excluding carboxylic acids is 2. The van der Waals surface area contributed by atoms with Crippen LogP contribution in [0.3, 0.4) is 0 Å². The molecule has 10 heteroatoms. The van der Waals surface area contributed by atoms with Crippen LogP contribution in [0, 0.1) is 0 Å². The Labute approximate surface area is 211 Å². The molecule has 8 nitrogen and oxygen atoms in total. The minimum absolute atomic E-state index is 0.249. The van der Waals surface area contributed by atoms with Gasteiger partial charge in [-0.2, -0.15) is 0 Å². The summed E-state index contributed by atoms with van der Waals surface area (Å²) in [7, 11) is 0. The average Bonchev–Trinajstić information content (AvgIpc) is 2.84. The van der Waals surface area contributed by atoms with E-state index in [1.54, 1.807) is 37.3 Å². The molecule has 0 aliphatic heterocycles. The molecule has 0 fully saturated rings. The number of aromatic nitrogens is 2. The minimum atomic E-state index is -0.508. The van der Waals surface area contributed by atoms with Crippen molar-refractivity contribution in [3.8, 4) is 17.1 Å². The molecule has 0 atom stereocenters. The third-order valence-electron chi connectivity index (χ3n) is 4.94. The van der Waals surface area contributed by atoms with Crippen molar-refractivity contribution in [1.82, 2.24) is 25.7 Å². The van der Waals surface area contributed by atoms with Gasteiger partial charge in [-0.1, -0.05) is 46.3 Å². The quantitative estimate of drug-likeness (QED) is 0.306. The van der Waals surface area contributed by atoms with Gasteiger partial charge in [0.2, 0.25) is 0 Å². The number of halogens is 2. The normalized spacial score (nSPS) is 10.7. The lowest BCUT2D eigenvalue weighted by Gasteiger charge is -2.15. The van der Waals surface area contributed by atoms with Gasteiger partial charge in [0.05, 0.1) is 16.6 Å². The zero-order valence-corrected chi connectivity index (χ0v) is 21.1. The predicted molar refractivity (Wildman–Crippen MR) is 138 cm³/mol. The van der Waals surface area contributed by atoms with Gasteiger partial charge in [-0.15, -0.1) is 0 Å². The van der Waals surface area contributed by atoms with Crippen LogP contribution in [-0.4, -0.2) is 28.0 Å². The highest BCUT2D eigenvalue weighted by molar-refractivity contribution is 9.11. The number of rotatable bonds is 4. The van der Waals surface area contributed by atoms with E-state index in [-0.39, 0.29) is 5.56 Å². The number of fused-ring (bicyclic) bond motifs is 1. The lowest BCUT2D eigenvalue weighted by Crippen LogP contribution is -2.46. The molecule has 0 saturated heterocycles.